The summed E-state index contributed by atoms with van der Waals surface area (Å²) in [5.41, 5.74) is 17.4. The van der Waals surface area contributed by atoms with Gasteiger partial charge in [0, 0.05) is 52.3 Å². The van der Waals surface area contributed by atoms with E-state index < -0.39 is 0 Å². The second-order valence-electron chi connectivity index (χ2n) is 18.0. The summed E-state index contributed by atoms with van der Waals surface area (Å²) in [7, 11) is 3.35. The highest BCUT2D eigenvalue weighted by Crippen LogP contribution is 2.44. The molecule has 0 aliphatic carbocycles. The molecule has 0 unspecified atom stereocenters. The van der Waals surface area contributed by atoms with Gasteiger partial charge in [-0.15, -0.1) is 0 Å². The van der Waals surface area contributed by atoms with Gasteiger partial charge in [-0.3, -0.25) is 13.7 Å². The zero-order chi connectivity index (χ0) is 49.7. The monoisotopic (exact) mass is 959 g/mol. The minimum atomic E-state index is 0.750. The number of aryl methyl sites for hydroxylation is 1. The van der Waals surface area contributed by atoms with Crippen LogP contribution in [0.1, 0.15) is 5.56 Å². The van der Waals surface area contributed by atoms with E-state index in [-0.39, 0.29) is 0 Å². The van der Waals surface area contributed by atoms with E-state index in [2.05, 4.69) is 136 Å². The lowest BCUT2D eigenvalue weighted by atomic mass is 9.88. The van der Waals surface area contributed by atoms with Crippen molar-refractivity contribution < 1.29 is 9.47 Å². The SMILES string of the molecule is COc1ccc(-n2c(-c3ccccc3-c3cc(-c4ccccc4-c4nc5cccnc5n4-c4ccc(C)cc4)cc(-c4ccccc4-c4nc5cccnc5n4-c4ccc(OC)cc4)c3)nc3cccnc32)cc1. The lowest BCUT2D eigenvalue weighted by Crippen LogP contribution is -2.01. The van der Waals surface area contributed by atoms with Crippen LogP contribution in [0.5, 0.6) is 11.5 Å². The Morgan fingerprint density at radius 3 is 0.932 bits per heavy atom. The fourth-order valence-electron chi connectivity index (χ4n) is 10.1. The number of hydrogen-bond donors (Lipinski definition) is 0. The maximum Gasteiger partial charge on any atom is 0.164 e. The van der Waals surface area contributed by atoms with Crippen LogP contribution in [0.15, 0.2) is 219 Å². The van der Waals surface area contributed by atoms with Crippen LogP contribution in [0.25, 0.3) is 118 Å². The maximum absolute atomic E-state index is 5.57. The summed E-state index contributed by atoms with van der Waals surface area (Å²) in [5.74, 6) is 3.82. The number of pyridine rings is 3. The van der Waals surface area contributed by atoms with Crippen molar-refractivity contribution in [3.63, 3.8) is 0 Å². The third-order valence-corrected chi connectivity index (χ3v) is 13.6. The third-order valence-electron chi connectivity index (χ3n) is 13.6. The molecule has 354 valence electrons. The van der Waals surface area contributed by atoms with Crippen LogP contribution in [-0.4, -0.2) is 57.8 Å². The third kappa shape index (κ3) is 7.62. The minimum Gasteiger partial charge on any atom is -0.497 e. The number of hydrogen-bond acceptors (Lipinski definition) is 8. The number of imidazole rings is 3. The van der Waals surface area contributed by atoms with Gasteiger partial charge in [-0.1, -0.05) is 90.5 Å². The van der Waals surface area contributed by atoms with Crippen molar-refractivity contribution in [2.75, 3.05) is 14.2 Å². The Balaban J connectivity index is 1.07. The van der Waals surface area contributed by atoms with Crippen molar-refractivity contribution in [2.24, 2.45) is 0 Å². The Labute approximate surface area is 426 Å². The molecule has 0 aliphatic rings. The molecule has 6 aromatic heterocycles. The fourth-order valence-corrected chi connectivity index (χ4v) is 10.1. The van der Waals surface area contributed by atoms with Gasteiger partial charge in [-0.05, 0) is 156 Å². The second-order valence-corrected chi connectivity index (χ2v) is 18.0. The Kier molecular flexibility index (Phi) is 10.9. The van der Waals surface area contributed by atoms with Crippen LogP contribution >= 0.6 is 0 Å². The molecule has 0 fully saturated rings. The average Bonchev–Trinajstić information content (AvgIpc) is 4.19. The summed E-state index contributed by atoms with van der Waals surface area (Å²) in [6.07, 6.45) is 5.45. The summed E-state index contributed by atoms with van der Waals surface area (Å²) in [4.78, 5) is 30.6. The molecule has 11 nitrogen and oxygen atoms in total. The number of fused-ring (bicyclic) bond motifs is 3. The summed E-state index contributed by atoms with van der Waals surface area (Å²) < 4.78 is 17.6. The smallest absolute Gasteiger partial charge is 0.164 e. The molecule has 0 N–H and O–H groups in total. The van der Waals surface area contributed by atoms with Gasteiger partial charge in [0.15, 0.2) is 16.9 Å². The topological polar surface area (TPSA) is 111 Å². The van der Waals surface area contributed by atoms with Crippen LogP contribution in [0.2, 0.25) is 0 Å². The van der Waals surface area contributed by atoms with E-state index >= 15 is 0 Å². The highest BCUT2D eigenvalue weighted by Gasteiger charge is 2.24. The molecule has 13 rings (SSSR count). The fraction of sp³-hybridized carbons (Fsp3) is 0.0476. The van der Waals surface area contributed by atoms with Crippen molar-refractivity contribution >= 4 is 33.5 Å². The van der Waals surface area contributed by atoms with Crippen molar-refractivity contribution in [3.05, 3.63) is 224 Å². The number of benzene rings is 7. The van der Waals surface area contributed by atoms with Crippen LogP contribution in [0.4, 0.5) is 0 Å². The Hall–Kier alpha value is -10.0. The number of nitrogens with zero attached hydrogens (tertiary/aromatic N) is 9. The number of aromatic nitrogens is 9. The maximum atomic E-state index is 5.57. The van der Waals surface area contributed by atoms with Crippen molar-refractivity contribution in [2.45, 2.75) is 6.92 Å². The normalized spacial score (nSPS) is 11.4. The summed E-state index contributed by atoms with van der Waals surface area (Å²) >= 11 is 0. The Morgan fingerprint density at radius 2 is 0.622 bits per heavy atom. The predicted octanol–water partition coefficient (Wildman–Crippen LogP) is 14.2. The zero-order valence-electron chi connectivity index (χ0n) is 40.6. The zero-order valence-corrected chi connectivity index (χ0v) is 40.6. The number of rotatable bonds is 11. The van der Waals surface area contributed by atoms with Gasteiger partial charge < -0.3 is 9.47 Å². The van der Waals surface area contributed by atoms with Gasteiger partial charge in [-0.2, -0.15) is 0 Å². The van der Waals surface area contributed by atoms with E-state index in [0.29, 0.717) is 0 Å². The van der Waals surface area contributed by atoms with E-state index in [0.717, 1.165) is 130 Å². The molecule has 0 amide bonds. The molecule has 0 saturated carbocycles. The van der Waals surface area contributed by atoms with Gasteiger partial charge in [0.1, 0.15) is 45.5 Å². The first-order chi connectivity index (χ1) is 36.5. The van der Waals surface area contributed by atoms with Crippen LogP contribution in [0.3, 0.4) is 0 Å². The Bertz CT molecular complexity index is 4040. The van der Waals surface area contributed by atoms with Crippen LogP contribution < -0.4 is 9.47 Å². The molecule has 0 bridgehead atoms. The molecule has 0 spiro atoms. The molecule has 7 aromatic carbocycles. The predicted molar refractivity (Wildman–Crippen MR) is 294 cm³/mol. The summed E-state index contributed by atoms with van der Waals surface area (Å²) in [6.45, 7) is 2.10. The number of ether oxygens (including phenoxy) is 2. The van der Waals surface area contributed by atoms with E-state index in [9.17, 15) is 0 Å². The molecule has 74 heavy (non-hydrogen) atoms. The first-order valence-corrected chi connectivity index (χ1v) is 24.3. The molecule has 0 radical (unpaired) electrons. The minimum absolute atomic E-state index is 0.750. The first kappa shape index (κ1) is 44.0. The summed E-state index contributed by atoms with van der Waals surface area (Å²) in [6, 6.07) is 68.7. The molecular formula is C63H45N9O2. The van der Waals surface area contributed by atoms with E-state index in [1.807, 2.05) is 104 Å². The van der Waals surface area contributed by atoms with Crippen molar-refractivity contribution in [1.82, 2.24) is 43.6 Å². The van der Waals surface area contributed by atoms with E-state index in [1.54, 1.807) is 14.2 Å². The lowest BCUT2D eigenvalue weighted by molar-refractivity contribution is 0.414. The summed E-state index contributed by atoms with van der Waals surface area (Å²) in [5, 5.41) is 0. The van der Waals surface area contributed by atoms with Gasteiger partial charge in [0.2, 0.25) is 0 Å². The van der Waals surface area contributed by atoms with Crippen molar-refractivity contribution in [1.29, 1.82) is 0 Å². The molecule has 6 heterocycles. The van der Waals surface area contributed by atoms with Gasteiger partial charge in [0.25, 0.3) is 0 Å². The highest BCUT2D eigenvalue weighted by atomic mass is 16.5. The molecular weight excluding hydrogens is 915 g/mol. The number of methoxy groups -OCH3 is 2. The quantitative estimate of drug-likeness (QED) is 0.126. The lowest BCUT2D eigenvalue weighted by Gasteiger charge is -2.18. The standard InChI is InChI=1S/C63H45N9O2/c1-40-22-24-44(25-23-40)70-58(67-55-19-10-34-64-61(55)70)52-16-7-4-13-49(52)41-37-42(50-14-5-8-17-53(50)59-68-56-20-11-35-65-62(56)71(59)45-26-30-47(73-2)31-27-45)39-43(38-41)51-15-6-9-18-54(51)60-69-57-21-12-36-66-63(57)72(60)46-28-32-48(74-3)33-29-46/h4-39H,1-3H3. The first-order valence-electron chi connectivity index (χ1n) is 24.3. The highest BCUT2D eigenvalue weighted by molar-refractivity contribution is 5.95. The Morgan fingerprint density at radius 1 is 0.324 bits per heavy atom. The second kappa shape index (κ2) is 18.3. The van der Waals surface area contributed by atoms with Gasteiger partial charge in [-0.25, -0.2) is 29.9 Å². The van der Waals surface area contributed by atoms with Gasteiger partial charge >= 0.3 is 0 Å². The van der Waals surface area contributed by atoms with E-state index in [4.69, 9.17) is 39.4 Å². The van der Waals surface area contributed by atoms with Crippen molar-refractivity contribution in [3.8, 4) is 96.1 Å². The van der Waals surface area contributed by atoms with Gasteiger partial charge in [0.05, 0.1) is 14.2 Å². The molecule has 11 heteroatoms. The molecule has 0 aliphatic heterocycles. The molecule has 0 saturated heterocycles. The molecule has 13 aromatic rings. The van der Waals surface area contributed by atoms with Crippen LogP contribution in [0, 0.1) is 6.92 Å². The molecule has 0 atom stereocenters. The largest absolute Gasteiger partial charge is 0.497 e. The van der Waals surface area contributed by atoms with Crippen LogP contribution in [-0.2, 0) is 0 Å². The van der Waals surface area contributed by atoms with E-state index in [1.165, 1.54) is 5.56 Å². The average molecular weight is 960 g/mol.